The first kappa shape index (κ1) is 6.42. The van der Waals surface area contributed by atoms with E-state index in [0.29, 0.717) is 0 Å². The number of aryl methyl sites for hydroxylation is 1. The van der Waals surface area contributed by atoms with Crippen molar-refractivity contribution in [1.82, 2.24) is 4.37 Å². The molecule has 0 aromatic carbocycles. The summed E-state index contributed by atoms with van der Waals surface area (Å²) >= 11 is 1.39. The molecular weight excluding hydrogens is 134 g/mol. The molecule has 0 saturated heterocycles. The maximum Gasteiger partial charge on any atom is 0.152 e. The van der Waals surface area contributed by atoms with E-state index in [1.807, 2.05) is 6.92 Å². The van der Waals surface area contributed by atoms with Crippen molar-refractivity contribution < 1.29 is 4.79 Å². The highest BCUT2D eigenvalue weighted by molar-refractivity contribution is 7.06. The fourth-order valence-electron chi connectivity index (χ4n) is 0.636. The molecule has 1 aromatic heterocycles. The molecule has 0 fully saturated rings. The number of aromatic nitrogens is 1. The lowest BCUT2D eigenvalue weighted by atomic mass is 10.3. The zero-order chi connectivity index (χ0) is 6.69. The van der Waals surface area contributed by atoms with Gasteiger partial charge in [-0.1, -0.05) is 6.92 Å². The minimum atomic E-state index is 0.738. The molecule has 0 unspecified atom stereocenters. The molecule has 3 heteroatoms. The van der Waals surface area contributed by atoms with Gasteiger partial charge in [-0.15, -0.1) is 0 Å². The van der Waals surface area contributed by atoms with Crippen LogP contribution in [0.25, 0.3) is 0 Å². The zero-order valence-electron chi connectivity index (χ0n) is 5.13. The van der Waals surface area contributed by atoms with Crippen molar-refractivity contribution >= 4 is 17.8 Å². The summed E-state index contributed by atoms with van der Waals surface area (Å²) in [5.41, 5.74) is 0.738. The molecule has 0 aliphatic rings. The third-order valence-corrected chi connectivity index (χ3v) is 2.08. The molecule has 48 valence electrons. The highest BCUT2D eigenvalue weighted by Gasteiger charge is 1.99. The van der Waals surface area contributed by atoms with Gasteiger partial charge in [0.25, 0.3) is 0 Å². The molecule has 0 bridgehead atoms. The van der Waals surface area contributed by atoms with Crippen molar-refractivity contribution in [2.24, 2.45) is 0 Å². The van der Waals surface area contributed by atoms with Gasteiger partial charge in [0, 0.05) is 10.4 Å². The normalized spacial score (nSPS) is 9.44. The summed E-state index contributed by atoms with van der Waals surface area (Å²) in [5.74, 6) is 0. The lowest BCUT2D eigenvalue weighted by Gasteiger charge is -1.84. The average molecular weight is 141 g/mol. The summed E-state index contributed by atoms with van der Waals surface area (Å²) < 4.78 is 3.87. The van der Waals surface area contributed by atoms with Gasteiger partial charge in [-0.2, -0.15) is 0 Å². The Morgan fingerprint density at radius 1 is 1.89 bits per heavy atom. The molecule has 0 radical (unpaired) electrons. The Kier molecular flexibility index (Phi) is 1.95. The van der Waals surface area contributed by atoms with E-state index in [2.05, 4.69) is 4.37 Å². The molecule has 0 spiro atoms. The van der Waals surface area contributed by atoms with Gasteiger partial charge in [0.2, 0.25) is 0 Å². The lowest BCUT2D eigenvalue weighted by molar-refractivity contribution is 0.112. The fraction of sp³-hybridized carbons (Fsp3) is 0.333. The number of nitrogens with zero attached hydrogens (tertiary/aromatic N) is 1. The summed E-state index contributed by atoms with van der Waals surface area (Å²) in [6, 6.07) is 0. The number of aldehydes is 1. The van der Waals surface area contributed by atoms with Crippen molar-refractivity contribution in [3.63, 3.8) is 0 Å². The van der Waals surface area contributed by atoms with Crippen molar-refractivity contribution in [1.29, 1.82) is 0 Å². The van der Waals surface area contributed by atoms with E-state index in [1.165, 1.54) is 11.5 Å². The van der Waals surface area contributed by atoms with E-state index in [4.69, 9.17) is 0 Å². The maximum absolute atomic E-state index is 10.2. The lowest BCUT2D eigenvalue weighted by Crippen LogP contribution is -1.80. The minimum absolute atomic E-state index is 0.738. The molecule has 9 heavy (non-hydrogen) atoms. The summed E-state index contributed by atoms with van der Waals surface area (Å²) in [6.07, 6.45) is 3.36. The Hall–Kier alpha value is -0.700. The first-order chi connectivity index (χ1) is 4.38. The topological polar surface area (TPSA) is 30.0 Å². The molecule has 1 aromatic rings. The monoisotopic (exact) mass is 141 g/mol. The highest BCUT2D eigenvalue weighted by Crippen LogP contribution is 2.10. The average Bonchev–Trinajstić information content (AvgIpc) is 2.33. The minimum Gasteiger partial charge on any atom is -0.298 e. The highest BCUT2D eigenvalue weighted by atomic mass is 32.1. The first-order valence-electron chi connectivity index (χ1n) is 2.77. The molecule has 0 amide bonds. The third kappa shape index (κ3) is 1.16. The van der Waals surface area contributed by atoms with Crippen LogP contribution in [0.5, 0.6) is 0 Å². The molecule has 0 aliphatic carbocycles. The van der Waals surface area contributed by atoms with Gasteiger partial charge in [-0.3, -0.25) is 4.79 Å². The molecular formula is C6H7NOS. The summed E-state index contributed by atoms with van der Waals surface area (Å²) in [7, 11) is 0. The molecule has 2 nitrogen and oxygen atoms in total. The van der Waals surface area contributed by atoms with Crippen LogP contribution in [-0.4, -0.2) is 10.7 Å². The van der Waals surface area contributed by atoms with E-state index in [-0.39, 0.29) is 0 Å². The van der Waals surface area contributed by atoms with Gasteiger partial charge >= 0.3 is 0 Å². The third-order valence-electron chi connectivity index (χ3n) is 1.12. The molecule has 0 N–H and O–H groups in total. The second kappa shape index (κ2) is 2.73. The van der Waals surface area contributed by atoms with Crippen LogP contribution in [0.2, 0.25) is 0 Å². The number of carbonyl (C=O) groups excluding carboxylic acids is 1. The Morgan fingerprint density at radius 3 is 3.11 bits per heavy atom. The van der Waals surface area contributed by atoms with E-state index < -0.39 is 0 Å². The Bertz CT molecular complexity index is 207. The van der Waals surface area contributed by atoms with Gasteiger partial charge in [0.1, 0.15) is 0 Å². The molecule has 0 aliphatic heterocycles. The van der Waals surface area contributed by atoms with E-state index >= 15 is 0 Å². The van der Waals surface area contributed by atoms with Crippen molar-refractivity contribution in [2.45, 2.75) is 13.3 Å². The zero-order valence-corrected chi connectivity index (χ0v) is 5.94. The van der Waals surface area contributed by atoms with Gasteiger partial charge in [-0.05, 0) is 18.0 Å². The maximum atomic E-state index is 10.2. The smallest absolute Gasteiger partial charge is 0.152 e. The second-order valence-corrected chi connectivity index (χ2v) is 2.56. The van der Waals surface area contributed by atoms with Crippen LogP contribution in [0.3, 0.4) is 0 Å². The number of rotatable bonds is 2. The van der Waals surface area contributed by atoms with E-state index in [1.54, 1.807) is 6.20 Å². The number of carbonyl (C=O) groups is 1. The van der Waals surface area contributed by atoms with Crippen LogP contribution in [0.1, 0.15) is 22.2 Å². The van der Waals surface area contributed by atoms with Gasteiger partial charge in [0.15, 0.2) is 6.29 Å². The standard InChI is InChI=1S/C6H7NOS/c1-2-6-5(4-8)3-7-9-6/h3-4H,2H2,1H3. The Balaban J connectivity index is 2.98. The first-order valence-corrected chi connectivity index (χ1v) is 3.54. The van der Waals surface area contributed by atoms with Crippen molar-refractivity contribution in [3.8, 4) is 0 Å². The van der Waals surface area contributed by atoms with Gasteiger partial charge in [0.05, 0.1) is 6.20 Å². The van der Waals surface area contributed by atoms with Crippen LogP contribution >= 0.6 is 11.5 Å². The number of hydrogen-bond donors (Lipinski definition) is 0. The Morgan fingerprint density at radius 2 is 2.67 bits per heavy atom. The SMILES string of the molecule is CCc1sncc1C=O. The molecule has 1 rings (SSSR count). The molecule has 1 heterocycles. The molecule has 0 saturated carbocycles. The van der Waals surface area contributed by atoms with Crippen LogP contribution in [0.15, 0.2) is 6.20 Å². The predicted molar refractivity (Wildman–Crippen MR) is 36.9 cm³/mol. The summed E-state index contributed by atoms with van der Waals surface area (Å²) in [5, 5.41) is 0. The fourth-order valence-corrected chi connectivity index (χ4v) is 1.27. The largest absolute Gasteiger partial charge is 0.298 e. The van der Waals surface area contributed by atoms with E-state index in [0.717, 1.165) is 23.1 Å². The quantitative estimate of drug-likeness (QED) is 0.584. The van der Waals surface area contributed by atoms with Crippen molar-refractivity contribution in [3.05, 3.63) is 16.6 Å². The van der Waals surface area contributed by atoms with Crippen molar-refractivity contribution in [2.75, 3.05) is 0 Å². The summed E-state index contributed by atoms with van der Waals surface area (Å²) in [4.78, 5) is 11.3. The van der Waals surface area contributed by atoms with Gasteiger partial charge < -0.3 is 0 Å². The van der Waals surface area contributed by atoms with E-state index in [9.17, 15) is 4.79 Å². The Labute approximate surface area is 57.7 Å². The molecule has 0 atom stereocenters. The van der Waals surface area contributed by atoms with Gasteiger partial charge in [-0.25, -0.2) is 4.37 Å². The van der Waals surface area contributed by atoms with Crippen LogP contribution in [0.4, 0.5) is 0 Å². The predicted octanol–water partition coefficient (Wildman–Crippen LogP) is 1.52. The van der Waals surface area contributed by atoms with Crippen LogP contribution < -0.4 is 0 Å². The number of hydrogen-bond acceptors (Lipinski definition) is 3. The summed E-state index contributed by atoms with van der Waals surface area (Å²) in [6.45, 7) is 2.01. The second-order valence-electron chi connectivity index (χ2n) is 1.68. The van der Waals surface area contributed by atoms with Crippen LogP contribution in [-0.2, 0) is 6.42 Å². The van der Waals surface area contributed by atoms with Crippen LogP contribution in [0, 0.1) is 0 Å².